The van der Waals surface area contributed by atoms with Crippen molar-refractivity contribution >= 4 is 28.4 Å². The lowest BCUT2D eigenvalue weighted by Crippen LogP contribution is -2.19. The number of rotatable bonds is 6. The van der Waals surface area contributed by atoms with Crippen molar-refractivity contribution in [1.82, 2.24) is 24.5 Å². The molecule has 0 aliphatic heterocycles. The Morgan fingerprint density at radius 1 is 1.06 bits per heavy atom. The highest BCUT2D eigenvalue weighted by molar-refractivity contribution is 6.00. The highest BCUT2D eigenvalue weighted by Crippen LogP contribution is 2.27. The summed E-state index contributed by atoms with van der Waals surface area (Å²) in [5.74, 6) is 0.990. The molecule has 0 spiro atoms. The van der Waals surface area contributed by atoms with E-state index in [4.69, 9.17) is 4.74 Å². The third-order valence-corrected chi connectivity index (χ3v) is 5.04. The maximum atomic E-state index is 13.4. The molecule has 0 bridgehead atoms. The molecule has 0 atom stereocenters. The number of benzene rings is 2. The maximum absolute atomic E-state index is 13.4. The van der Waals surface area contributed by atoms with E-state index in [2.05, 4.69) is 30.6 Å². The van der Waals surface area contributed by atoms with Gasteiger partial charge in [0, 0.05) is 29.5 Å². The van der Waals surface area contributed by atoms with Crippen LogP contribution >= 0.6 is 0 Å². The molecule has 0 fully saturated rings. The third-order valence-electron chi connectivity index (χ3n) is 5.04. The summed E-state index contributed by atoms with van der Waals surface area (Å²) in [5, 5.41) is 6.28. The monoisotopic (exact) mass is 457 g/mol. The summed E-state index contributed by atoms with van der Waals surface area (Å²) < 4.78 is 21.0. The minimum Gasteiger partial charge on any atom is -0.438 e. The van der Waals surface area contributed by atoms with Gasteiger partial charge in [0.15, 0.2) is 0 Å². The second-order valence-electron chi connectivity index (χ2n) is 7.57. The van der Waals surface area contributed by atoms with E-state index in [9.17, 15) is 9.18 Å². The number of H-pyrrole nitrogens is 1. The zero-order chi connectivity index (χ0) is 23.5. The molecule has 3 heterocycles. The lowest BCUT2D eigenvalue weighted by Gasteiger charge is -2.12. The van der Waals surface area contributed by atoms with Crippen LogP contribution in [-0.2, 0) is 6.67 Å². The Hall–Kier alpha value is -4.73. The summed E-state index contributed by atoms with van der Waals surface area (Å²) in [4.78, 5) is 28.0. The van der Waals surface area contributed by atoms with E-state index in [0.29, 0.717) is 39.9 Å². The first-order valence-electron chi connectivity index (χ1n) is 10.4. The fraction of sp³-hybridized carbons (Fsp3) is 0.0833. The van der Waals surface area contributed by atoms with Crippen molar-refractivity contribution in [2.45, 2.75) is 13.6 Å². The van der Waals surface area contributed by atoms with Gasteiger partial charge in [-0.05, 0) is 61.0 Å². The van der Waals surface area contributed by atoms with Gasteiger partial charge in [-0.1, -0.05) is 0 Å². The van der Waals surface area contributed by atoms with Crippen LogP contribution in [0, 0.1) is 6.92 Å². The number of alkyl halides is 1. The highest BCUT2D eigenvalue weighted by Gasteiger charge is 2.09. The van der Waals surface area contributed by atoms with Gasteiger partial charge in [0.2, 0.25) is 5.88 Å². The van der Waals surface area contributed by atoms with Gasteiger partial charge in [-0.25, -0.2) is 24.1 Å². The van der Waals surface area contributed by atoms with Gasteiger partial charge < -0.3 is 24.9 Å². The number of amides is 2. The number of aromatic amines is 1. The fourth-order valence-electron chi connectivity index (χ4n) is 3.48. The predicted molar refractivity (Wildman–Crippen MR) is 126 cm³/mol. The van der Waals surface area contributed by atoms with Crippen LogP contribution in [0.3, 0.4) is 0 Å². The first-order chi connectivity index (χ1) is 16.6. The van der Waals surface area contributed by atoms with E-state index < -0.39 is 12.7 Å². The van der Waals surface area contributed by atoms with E-state index in [-0.39, 0.29) is 0 Å². The number of carbonyl (C=O) groups is 1. The number of halogens is 1. The van der Waals surface area contributed by atoms with Gasteiger partial charge in [-0.2, -0.15) is 0 Å². The lowest BCUT2D eigenvalue weighted by atomic mass is 10.2. The maximum Gasteiger partial charge on any atom is 0.323 e. The number of imidazole rings is 1. The van der Waals surface area contributed by atoms with Gasteiger partial charge in [-0.15, -0.1) is 0 Å². The van der Waals surface area contributed by atoms with Gasteiger partial charge >= 0.3 is 6.03 Å². The zero-order valence-corrected chi connectivity index (χ0v) is 18.1. The SMILES string of the molecule is Cc1cn(-c2cc(CF)cc(NC(=O)Nc3ccc(Oc4ncnc5[nH]ccc45)cc3)c2)cn1. The second-order valence-corrected chi connectivity index (χ2v) is 7.57. The van der Waals surface area contributed by atoms with Crippen molar-refractivity contribution < 1.29 is 13.9 Å². The molecule has 5 aromatic rings. The number of nitrogens with zero attached hydrogens (tertiary/aromatic N) is 4. The molecule has 0 saturated carbocycles. The predicted octanol–water partition coefficient (Wildman–Crippen LogP) is 5.36. The summed E-state index contributed by atoms with van der Waals surface area (Å²) in [7, 11) is 0. The van der Waals surface area contributed by atoms with Gasteiger partial charge in [-0.3, -0.25) is 0 Å². The third kappa shape index (κ3) is 4.56. The first kappa shape index (κ1) is 21.1. The van der Waals surface area contributed by atoms with E-state index in [0.717, 1.165) is 11.1 Å². The summed E-state index contributed by atoms with van der Waals surface area (Å²) in [6.07, 6.45) is 6.66. The molecule has 9 nitrogen and oxygen atoms in total. The second kappa shape index (κ2) is 9.02. The Morgan fingerprint density at radius 2 is 1.88 bits per heavy atom. The average molecular weight is 457 g/mol. The number of nitrogens with one attached hydrogen (secondary N) is 3. The Bertz CT molecular complexity index is 1460. The van der Waals surface area contributed by atoms with Gasteiger partial charge in [0.05, 0.1) is 17.4 Å². The summed E-state index contributed by atoms with van der Waals surface area (Å²) >= 11 is 0. The molecular weight excluding hydrogens is 437 g/mol. The number of aromatic nitrogens is 5. The number of hydrogen-bond donors (Lipinski definition) is 3. The number of ether oxygens (including phenoxy) is 1. The molecule has 5 rings (SSSR count). The van der Waals surface area contributed by atoms with Crippen LogP contribution < -0.4 is 15.4 Å². The molecule has 170 valence electrons. The van der Waals surface area contributed by atoms with Crippen LogP contribution in [0.5, 0.6) is 11.6 Å². The number of anilines is 2. The quantitative estimate of drug-likeness (QED) is 0.318. The van der Waals surface area contributed by atoms with Crippen molar-refractivity contribution in [3.63, 3.8) is 0 Å². The van der Waals surface area contributed by atoms with E-state index in [1.807, 2.05) is 19.2 Å². The molecule has 2 aromatic carbocycles. The van der Waals surface area contributed by atoms with E-state index in [1.165, 1.54) is 6.33 Å². The van der Waals surface area contributed by atoms with Crippen molar-refractivity contribution in [2.75, 3.05) is 10.6 Å². The smallest absolute Gasteiger partial charge is 0.323 e. The molecule has 0 aliphatic carbocycles. The van der Waals surface area contributed by atoms with Crippen LogP contribution in [0.25, 0.3) is 16.7 Å². The molecule has 3 N–H and O–H groups in total. The highest BCUT2D eigenvalue weighted by atomic mass is 19.1. The summed E-state index contributed by atoms with van der Waals surface area (Å²) in [6.45, 7) is 1.22. The number of carbonyl (C=O) groups excluding carboxylic acids is 1. The number of aryl methyl sites for hydroxylation is 1. The Morgan fingerprint density at radius 3 is 2.65 bits per heavy atom. The molecule has 0 saturated heterocycles. The molecular formula is C24H20FN7O2. The van der Waals surface area contributed by atoms with Crippen LogP contribution in [0.15, 0.2) is 73.6 Å². The summed E-state index contributed by atoms with van der Waals surface area (Å²) in [5.41, 5.74) is 3.70. The standard InChI is InChI=1S/C24H20FN7O2/c1-15-12-32(14-29-15)19-9-16(11-25)8-18(10-19)31-24(33)30-17-2-4-20(5-3-17)34-23-21-6-7-26-22(21)27-13-28-23/h2-10,12-14H,11H2,1H3,(H,26,27,28)(H2,30,31,33). The zero-order valence-electron chi connectivity index (χ0n) is 18.1. The molecule has 34 heavy (non-hydrogen) atoms. The van der Waals surface area contributed by atoms with Crippen molar-refractivity contribution in [3.05, 3.63) is 84.8 Å². The Balaban J connectivity index is 1.26. The first-order valence-corrected chi connectivity index (χ1v) is 10.4. The van der Waals surface area contributed by atoms with Crippen LogP contribution in [0.4, 0.5) is 20.6 Å². The van der Waals surface area contributed by atoms with Gasteiger partial charge in [0.1, 0.15) is 24.4 Å². The number of fused-ring (bicyclic) bond motifs is 1. The largest absolute Gasteiger partial charge is 0.438 e. The van der Waals surface area contributed by atoms with E-state index >= 15 is 0 Å². The van der Waals surface area contributed by atoms with E-state index in [1.54, 1.807) is 59.6 Å². The van der Waals surface area contributed by atoms with Gasteiger partial charge in [0.25, 0.3) is 0 Å². The topological polar surface area (TPSA) is 110 Å². The minimum atomic E-state index is -0.652. The number of hydrogen-bond acceptors (Lipinski definition) is 5. The molecule has 0 radical (unpaired) electrons. The average Bonchev–Trinajstić information content (AvgIpc) is 3.49. The van der Waals surface area contributed by atoms with Crippen molar-refractivity contribution in [2.24, 2.45) is 0 Å². The van der Waals surface area contributed by atoms with Crippen molar-refractivity contribution in [1.29, 1.82) is 0 Å². The Labute approximate surface area is 193 Å². The molecule has 0 unspecified atom stereocenters. The number of urea groups is 1. The van der Waals surface area contributed by atoms with Crippen LogP contribution in [-0.4, -0.2) is 30.5 Å². The summed E-state index contributed by atoms with van der Waals surface area (Å²) in [6, 6.07) is 13.3. The molecule has 10 heteroatoms. The van der Waals surface area contributed by atoms with Crippen LogP contribution in [0.2, 0.25) is 0 Å². The molecule has 0 aliphatic rings. The Kier molecular flexibility index (Phi) is 5.61. The fourth-order valence-corrected chi connectivity index (χ4v) is 3.48. The minimum absolute atomic E-state index is 0.432. The lowest BCUT2D eigenvalue weighted by molar-refractivity contribution is 0.262. The van der Waals surface area contributed by atoms with Crippen LogP contribution in [0.1, 0.15) is 11.3 Å². The molecule has 2 amide bonds. The normalized spacial score (nSPS) is 10.9. The van der Waals surface area contributed by atoms with Crippen molar-refractivity contribution in [3.8, 4) is 17.3 Å². The molecule has 3 aromatic heterocycles.